The standard InChI is InChI=1S/C13H22NO7.Na/c1-6-3-8(9(14(20)21)4-7(6)2)11(17)13(19)12(18)10(16)5-15;/h8,10-13,15-19H,3-5H2,1-2H3;/q-1;+1/t8?,10-,11+,12+,13-;/m1./s1. The van der Waals surface area contributed by atoms with Gasteiger partial charge in [-0.2, -0.15) is 4.90 Å². The van der Waals surface area contributed by atoms with Gasteiger partial charge in [0.15, 0.2) is 5.71 Å². The van der Waals surface area contributed by atoms with Gasteiger partial charge >= 0.3 is 29.6 Å². The molecule has 0 heterocycles. The third-order valence-corrected chi connectivity index (χ3v) is 4.06. The third kappa shape index (κ3) is 4.90. The summed E-state index contributed by atoms with van der Waals surface area (Å²) in [5.74, 6) is -0.945. The van der Waals surface area contributed by atoms with Crippen LogP contribution in [0.4, 0.5) is 0 Å². The zero-order valence-electron chi connectivity index (χ0n) is 13.0. The normalized spacial score (nSPS) is 24.3. The molecule has 22 heavy (non-hydrogen) atoms. The molecule has 122 valence electrons. The zero-order valence-corrected chi connectivity index (χ0v) is 15.0. The molecule has 0 aromatic rings. The topological polar surface area (TPSA) is 150 Å². The molecule has 0 saturated carbocycles. The van der Waals surface area contributed by atoms with Gasteiger partial charge in [0, 0.05) is 0 Å². The molecule has 0 amide bonds. The number of aliphatic hydroxyl groups excluding tert-OH is 5. The smallest absolute Gasteiger partial charge is 0.612 e. The molecule has 0 bridgehead atoms. The fourth-order valence-corrected chi connectivity index (χ4v) is 2.47. The predicted octanol–water partition coefficient (Wildman–Crippen LogP) is -4.38. The van der Waals surface area contributed by atoms with Gasteiger partial charge in [-0.05, 0) is 20.3 Å². The van der Waals surface area contributed by atoms with Crippen LogP contribution in [0.3, 0.4) is 0 Å². The van der Waals surface area contributed by atoms with Gasteiger partial charge in [0.2, 0.25) is 0 Å². The first-order valence-corrected chi connectivity index (χ1v) is 6.69. The second-order valence-electron chi connectivity index (χ2n) is 5.52. The molecule has 1 aliphatic carbocycles. The van der Waals surface area contributed by atoms with E-state index >= 15 is 0 Å². The van der Waals surface area contributed by atoms with Gasteiger partial charge in [0.1, 0.15) is 18.3 Å². The molecule has 0 aromatic heterocycles. The average molecular weight is 327 g/mol. The van der Waals surface area contributed by atoms with Gasteiger partial charge in [-0.25, -0.2) is 0 Å². The molecule has 9 heteroatoms. The molecule has 0 fully saturated rings. The Morgan fingerprint density at radius 2 is 1.64 bits per heavy atom. The summed E-state index contributed by atoms with van der Waals surface area (Å²) in [6, 6.07) is 0. The van der Waals surface area contributed by atoms with Crippen molar-refractivity contribution in [3.8, 4) is 0 Å². The summed E-state index contributed by atoms with van der Waals surface area (Å²) < 4.78 is 0. The van der Waals surface area contributed by atoms with Gasteiger partial charge in [0.05, 0.1) is 25.0 Å². The van der Waals surface area contributed by atoms with Crippen molar-refractivity contribution in [2.75, 3.05) is 6.61 Å². The van der Waals surface area contributed by atoms with Crippen molar-refractivity contribution in [3.63, 3.8) is 0 Å². The van der Waals surface area contributed by atoms with Crippen LogP contribution in [-0.4, -0.2) is 67.2 Å². The van der Waals surface area contributed by atoms with Gasteiger partial charge in [-0.1, -0.05) is 11.1 Å². The SMILES string of the molecule is CC1=C(C)CC([C@H](O)[C@@H](O)[C@@H](O)[C@H](O)CO)C(=[N+]([O-])[O-])C1.[Na+]. The summed E-state index contributed by atoms with van der Waals surface area (Å²) in [4.78, 5) is -0.578. The van der Waals surface area contributed by atoms with Crippen LogP contribution in [0, 0.1) is 16.3 Å². The maximum absolute atomic E-state index is 11.1. The third-order valence-electron chi connectivity index (χ3n) is 4.06. The molecule has 8 nitrogen and oxygen atoms in total. The van der Waals surface area contributed by atoms with Crippen molar-refractivity contribution in [3.05, 3.63) is 21.6 Å². The number of nitrogens with zero attached hydrogens (tertiary/aromatic N) is 1. The van der Waals surface area contributed by atoms with Crippen LogP contribution < -0.4 is 29.6 Å². The van der Waals surface area contributed by atoms with Crippen molar-refractivity contribution < 1.29 is 60.0 Å². The summed E-state index contributed by atoms with van der Waals surface area (Å²) in [6.07, 6.45) is -6.53. The summed E-state index contributed by atoms with van der Waals surface area (Å²) in [6.45, 7) is 2.76. The summed E-state index contributed by atoms with van der Waals surface area (Å²) in [7, 11) is 0. The van der Waals surface area contributed by atoms with Crippen LogP contribution in [-0.2, 0) is 0 Å². The van der Waals surface area contributed by atoms with E-state index in [1.165, 1.54) is 0 Å². The molecule has 5 atom stereocenters. The van der Waals surface area contributed by atoms with Crippen molar-refractivity contribution in [1.29, 1.82) is 0 Å². The number of aliphatic hydroxyl groups is 5. The maximum Gasteiger partial charge on any atom is 1.00 e. The van der Waals surface area contributed by atoms with Gasteiger partial charge in [0.25, 0.3) is 0 Å². The second kappa shape index (κ2) is 9.19. The number of hydrogen-bond donors (Lipinski definition) is 5. The number of rotatable bonds is 5. The number of hydrogen-bond acceptors (Lipinski definition) is 7. The van der Waals surface area contributed by atoms with Crippen molar-refractivity contribution in [1.82, 2.24) is 0 Å². The van der Waals surface area contributed by atoms with Crippen molar-refractivity contribution >= 4 is 5.71 Å². The van der Waals surface area contributed by atoms with Crippen LogP contribution in [0.5, 0.6) is 0 Å². The first-order chi connectivity index (χ1) is 9.70. The van der Waals surface area contributed by atoms with E-state index in [4.69, 9.17) is 5.11 Å². The van der Waals surface area contributed by atoms with E-state index in [1.54, 1.807) is 13.8 Å². The van der Waals surface area contributed by atoms with Crippen molar-refractivity contribution in [2.24, 2.45) is 5.92 Å². The first-order valence-electron chi connectivity index (χ1n) is 6.69. The molecule has 1 rings (SSSR count). The van der Waals surface area contributed by atoms with Crippen LogP contribution >= 0.6 is 0 Å². The van der Waals surface area contributed by atoms with Crippen LogP contribution in [0.1, 0.15) is 26.7 Å². The van der Waals surface area contributed by atoms with Crippen LogP contribution in [0.25, 0.3) is 0 Å². The van der Waals surface area contributed by atoms with Crippen LogP contribution in [0.2, 0.25) is 0 Å². The molecule has 0 radical (unpaired) electrons. The van der Waals surface area contributed by atoms with E-state index < -0.39 is 41.8 Å². The molecule has 5 N–H and O–H groups in total. The van der Waals surface area contributed by atoms with Crippen molar-refractivity contribution in [2.45, 2.75) is 51.1 Å². The van der Waals surface area contributed by atoms with E-state index in [0.717, 1.165) is 11.1 Å². The Bertz CT molecular complexity index is 436. The molecule has 0 saturated heterocycles. The Balaban J connectivity index is 0.00000441. The Kier molecular flexibility index (Phi) is 9.11. The van der Waals surface area contributed by atoms with E-state index in [9.17, 15) is 30.8 Å². The molecular formula is C13H22NNaO7. The molecule has 0 aliphatic heterocycles. The summed E-state index contributed by atoms with van der Waals surface area (Å²) >= 11 is 0. The van der Waals surface area contributed by atoms with E-state index in [1.807, 2.05) is 0 Å². The fraction of sp³-hybridized carbons (Fsp3) is 0.769. The Morgan fingerprint density at radius 1 is 1.09 bits per heavy atom. The van der Waals surface area contributed by atoms with E-state index in [-0.39, 0.29) is 48.1 Å². The average Bonchev–Trinajstić information content (AvgIpc) is 2.46. The quantitative estimate of drug-likeness (QED) is 0.148. The number of allylic oxidation sites excluding steroid dienone is 2. The monoisotopic (exact) mass is 327 g/mol. The Labute approximate surface area is 150 Å². The summed E-state index contributed by atoms with van der Waals surface area (Å²) in [5, 5.41) is 69.9. The van der Waals surface area contributed by atoms with E-state index in [2.05, 4.69) is 0 Å². The van der Waals surface area contributed by atoms with Gasteiger partial charge in [-0.15, -0.1) is 0 Å². The minimum absolute atomic E-state index is 0. The molecule has 1 unspecified atom stereocenters. The predicted molar refractivity (Wildman–Crippen MR) is 74.2 cm³/mol. The Morgan fingerprint density at radius 3 is 2.09 bits per heavy atom. The Hall–Kier alpha value is -0.190. The minimum atomic E-state index is -1.79. The van der Waals surface area contributed by atoms with E-state index in [0.29, 0.717) is 0 Å². The maximum atomic E-state index is 11.1. The second-order valence-corrected chi connectivity index (χ2v) is 5.52. The zero-order chi connectivity index (χ0) is 16.3. The van der Waals surface area contributed by atoms with Gasteiger partial charge in [-0.3, -0.25) is 0 Å². The molecule has 0 aromatic carbocycles. The fourth-order valence-electron chi connectivity index (χ4n) is 2.47. The summed E-state index contributed by atoms with van der Waals surface area (Å²) in [5.41, 5.74) is 1.60. The first kappa shape index (κ1) is 21.8. The van der Waals surface area contributed by atoms with Gasteiger partial charge < -0.3 is 35.9 Å². The molecular weight excluding hydrogens is 305 g/mol. The largest absolute Gasteiger partial charge is 1.00 e. The van der Waals surface area contributed by atoms with Crippen LogP contribution in [0.15, 0.2) is 11.1 Å². The minimum Gasteiger partial charge on any atom is -0.612 e. The molecule has 1 aliphatic rings. The molecule has 0 spiro atoms.